The maximum atomic E-state index is 12.9. The standard InChI is InChI=1S/C18H19BrN2O3S/c19-12-5-2-6-13-20-16-11-14-21(17(16)9-10-18(20)22)25(23,24)15-7-3-1-4-8-15/h1,3-4,7-11,14H,2,5-6,12-13H2. The lowest BCUT2D eigenvalue weighted by atomic mass is 10.2. The molecule has 2 aromatic heterocycles. The van der Waals surface area contributed by atoms with Gasteiger partial charge in [-0.2, -0.15) is 0 Å². The second-order valence-corrected chi connectivity index (χ2v) is 8.38. The van der Waals surface area contributed by atoms with E-state index < -0.39 is 10.0 Å². The van der Waals surface area contributed by atoms with Gasteiger partial charge in [-0.1, -0.05) is 40.5 Å². The monoisotopic (exact) mass is 422 g/mol. The molecule has 132 valence electrons. The summed E-state index contributed by atoms with van der Waals surface area (Å²) < 4.78 is 28.6. The van der Waals surface area contributed by atoms with E-state index in [1.807, 2.05) is 0 Å². The Kier molecular flexibility index (Phi) is 5.44. The maximum Gasteiger partial charge on any atom is 0.268 e. The van der Waals surface area contributed by atoms with Crippen LogP contribution >= 0.6 is 15.9 Å². The minimum absolute atomic E-state index is 0.110. The number of alkyl halides is 1. The smallest absolute Gasteiger partial charge is 0.268 e. The summed E-state index contributed by atoms with van der Waals surface area (Å²) >= 11 is 3.40. The normalized spacial score (nSPS) is 11.9. The van der Waals surface area contributed by atoms with Crippen LogP contribution in [0, 0.1) is 0 Å². The van der Waals surface area contributed by atoms with Crippen LogP contribution in [0.4, 0.5) is 0 Å². The highest BCUT2D eigenvalue weighted by Gasteiger charge is 2.19. The van der Waals surface area contributed by atoms with E-state index >= 15 is 0 Å². The molecular weight excluding hydrogens is 404 g/mol. The van der Waals surface area contributed by atoms with Gasteiger partial charge < -0.3 is 4.57 Å². The molecule has 3 rings (SSSR count). The second-order valence-electron chi connectivity index (χ2n) is 5.77. The van der Waals surface area contributed by atoms with E-state index in [9.17, 15) is 13.2 Å². The van der Waals surface area contributed by atoms with Gasteiger partial charge in [0.05, 0.1) is 15.9 Å². The number of hydrogen-bond acceptors (Lipinski definition) is 3. The van der Waals surface area contributed by atoms with Crippen LogP contribution in [0.15, 0.2) is 64.4 Å². The summed E-state index contributed by atoms with van der Waals surface area (Å²) in [5.41, 5.74) is 1.05. The molecule has 0 aliphatic heterocycles. The van der Waals surface area contributed by atoms with Crippen LogP contribution in [0.2, 0.25) is 0 Å². The first-order valence-electron chi connectivity index (χ1n) is 8.13. The van der Waals surface area contributed by atoms with Crippen molar-refractivity contribution in [2.75, 3.05) is 5.33 Å². The van der Waals surface area contributed by atoms with E-state index in [1.165, 1.54) is 16.2 Å². The average Bonchev–Trinajstić information content (AvgIpc) is 3.06. The number of hydrogen-bond donors (Lipinski definition) is 0. The molecule has 5 nitrogen and oxygen atoms in total. The lowest BCUT2D eigenvalue weighted by molar-refractivity contribution is 0.588. The fourth-order valence-electron chi connectivity index (χ4n) is 2.85. The number of pyridine rings is 1. The Hall–Kier alpha value is -1.86. The summed E-state index contributed by atoms with van der Waals surface area (Å²) in [6.45, 7) is 0.582. The Morgan fingerprint density at radius 3 is 2.36 bits per heavy atom. The molecule has 0 fully saturated rings. The molecule has 0 atom stereocenters. The molecule has 0 radical (unpaired) electrons. The molecule has 2 heterocycles. The van der Waals surface area contributed by atoms with Gasteiger partial charge in [0.2, 0.25) is 0 Å². The van der Waals surface area contributed by atoms with Gasteiger partial charge in [0.25, 0.3) is 15.6 Å². The summed E-state index contributed by atoms with van der Waals surface area (Å²) in [5, 5.41) is 0.942. The molecule has 0 unspecified atom stereocenters. The molecular formula is C18H19BrN2O3S. The van der Waals surface area contributed by atoms with Gasteiger partial charge in [-0.15, -0.1) is 0 Å². The Bertz CT molecular complexity index is 1020. The van der Waals surface area contributed by atoms with Crippen LogP contribution in [-0.2, 0) is 16.6 Å². The Morgan fingerprint density at radius 2 is 1.64 bits per heavy atom. The van der Waals surface area contributed by atoms with Crippen molar-refractivity contribution in [3.63, 3.8) is 0 Å². The first-order chi connectivity index (χ1) is 12.1. The van der Waals surface area contributed by atoms with Crippen molar-refractivity contribution in [2.45, 2.75) is 30.7 Å². The predicted molar refractivity (Wildman–Crippen MR) is 103 cm³/mol. The van der Waals surface area contributed by atoms with Gasteiger partial charge in [-0.3, -0.25) is 4.79 Å². The van der Waals surface area contributed by atoms with Crippen molar-refractivity contribution in [1.29, 1.82) is 0 Å². The number of nitrogens with zero attached hydrogens (tertiary/aromatic N) is 2. The Labute approximate surface area is 155 Å². The van der Waals surface area contributed by atoms with E-state index in [2.05, 4.69) is 15.9 Å². The van der Waals surface area contributed by atoms with Gasteiger partial charge in [0.15, 0.2) is 0 Å². The van der Waals surface area contributed by atoms with E-state index in [0.717, 1.165) is 24.6 Å². The third kappa shape index (κ3) is 3.57. The number of rotatable bonds is 7. The average molecular weight is 423 g/mol. The van der Waals surface area contributed by atoms with Crippen molar-refractivity contribution < 1.29 is 8.42 Å². The summed E-state index contributed by atoms with van der Waals surface area (Å²) in [4.78, 5) is 12.4. The third-order valence-electron chi connectivity index (χ3n) is 4.12. The van der Waals surface area contributed by atoms with Gasteiger partial charge in [-0.25, -0.2) is 12.4 Å². The van der Waals surface area contributed by atoms with Crippen molar-refractivity contribution in [1.82, 2.24) is 8.54 Å². The molecule has 1 aromatic carbocycles. The Balaban J connectivity index is 2.04. The van der Waals surface area contributed by atoms with Gasteiger partial charge in [0.1, 0.15) is 0 Å². The molecule has 7 heteroatoms. The lowest BCUT2D eigenvalue weighted by Gasteiger charge is -2.10. The maximum absolute atomic E-state index is 12.9. The first-order valence-corrected chi connectivity index (χ1v) is 10.7. The first kappa shape index (κ1) is 17.9. The summed E-state index contributed by atoms with van der Waals surface area (Å²) in [7, 11) is -3.69. The predicted octanol–water partition coefficient (Wildman–Crippen LogP) is 3.61. The molecule has 0 amide bonds. The van der Waals surface area contributed by atoms with Crippen LogP contribution in [0.1, 0.15) is 19.3 Å². The quantitative estimate of drug-likeness (QED) is 0.431. The zero-order valence-corrected chi connectivity index (χ0v) is 16.0. The summed E-state index contributed by atoms with van der Waals surface area (Å²) in [6, 6.07) is 13.0. The highest BCUT2D eigenvalue weighted by Crippen LogP contribution is 2.21. The fraction of sp³-hybridized carbons (Fsp3) is 0.278. The topological polar surface area (TPSA) is 61.1 Å². The molecule has 0 N–H and O–H groups in total. The van der Waals surface area contributed by atoms with Crippen LogP contribution in [-0.4, -0.2) is 22.3 Å². The van der Waals surface area contributed by atoms with Gasteiger partial charge in [-0.05, 0) is 37.1 Å². The number of fused-ring (bicyclic) bond motifs is 1. The van der Waals surface area contributed by atoms with Crippen molar-refractivity contribution in [3.8, 4) is 0 Å². The van der Waals surface area contributed by atoms with E-state index in [0.29, 0.717) is 17.6 Å². The third-order valence-corrected chi connectivity index (χ3v) is 6.39. The highest BCUT2D eigenvalue weighted by molar-refractivity contribution is 9.09. The van der Waals surface area contributed by atoms with E-state index in [-0.39, 0.29) is 10.5 Å². The number of unbranched alkanes of at least 4 members (excludes halogenated alkanes) is 2. The molecule has 0 bridgehead atoms. The Morgan fingerprint density at radius 1 is 0.880 bits per heavy atom. The van der Waals surface area contributed by atoms with E-state index in [4.69, 9.17) is 0 Å². The number of benzene rings is 1. The van der Waals surface area contributed by atoms with E-state index in [1.54, 1.807) is 47.0 Å². The SMILES string of the molecule is O=c1ccc2c(ccn2S(=O)(=O)c2ccccc2)n1CCCCCBr. The largest absolute Gasteiger partial charge is 0.307 e. The minimum atomic E-state index is -3.69. The summed E-state index contributed by atoms with van der Waals surface area (Å²) in [5.74, 6) is 0. The van der Waals surface area contributed by atoms with Crippen LogP contribution < -0.4 is 5.56 Å². The highest BCUT2D eigenvalue weighted by atomic mass is 79.9. The molecule has 0 spiro atoms. The number of aromatic nitrogens is 2. The fourth-order valence-corrected chi connectivity index (χ4v) is 4.61. The van der Waals surface area contributed by atoms with Crippen molar-refractivity contribution >= 4 is 37.0 Å². The van der Waals surface area contributed by atoms with Crippen LogP contribution in [0.5, 0.6) is 0 Å². The number of halogens is 1. The minimum Gasteiger partial charge on any atom is -0.307 e. The van der Waals surface area contributed by atoms with Crippen molar-refractivity contribution in [3.05, 3.63) is 65.1 Å². The lowest BCUT2D eigenvalue weighted by Crippen LogP contribution is -2.20. The van der Waals surface area contributed by atoms with Gasteiger partial charge >= 0.3 is 0 Å². The van der Waals surface area contributed by atoms with Crippen molar-refractivity contribution in [2.24, 2.45) is 0 Å². The zero-order valence-electron chi connectivity index (χ0n) is 13.6. The zero-order chi connectivity index (χ0) is 17.9. The molecule has 25 heavy (non-hydrogen) atoms. The number of aryl methyl sites for hydroxylation is 1. The second kappa shape index (κ2) is 7.58. The van der Waals surface area contributed by atoms with Crippen LogP contribution in [0.25, 0.3) is 11.0 Å². The van der Waals surface area contributed by atoms with Gasteiger partial charge in [0, 0.05) is 24.1 Å². The molecule has 0 saturated carbocycles. The molecule has 3 aromatic rings. The molecule has 0 aliphatic rings. The summed E-state index contributed by atoms with van der Waals surface area (Å²) in [6.07, 6.45) is 4.45. The molecule has 0 aliphatic carbocycles. The van der Waals surface area contributed by atoms with Crippen LogP contribution in [0.3, 0.4) is 0 Å². The molecule has 0 saturated heterocycles.